The van der Waals surface area contributed by atoms with Crippen LogP contribution in [0.2, 0.25) is 5.02 Å². The van der Waals surface area contributed by atoms with Crippen molar-refractivity contribution in [3.63, 3.8) is 0 Å². The maximum absolute atomic E-state index is 12.6. The summed E-state index contributed by atoms with van der Waals surface area (Å²) in [7, 11) is 0. The van der Waals surface area contributed by atoms with Crippen molar-refractivity contribution in [1.82, 2.24) is 9.47 Å². The van der Waals surface area contributed by atoms with Crippen LogP contribution in [0.5, 0.6) is 5.75 Å². The van der Waals surface area contributed by atoms with Crippen molar-refractivity contribution in [3.05, 3.63) is 93.9 Å². The molecule has 1 unspecified atom stereocenters. The summed E-state index contributed by atoms with van der Waals surface area (Å²) in [5.74, 6) is 0.526. The highest BCUT2D eigenvalue weighted by Gasteiger charge is 2.12. The van der Waals surface area contributed by atoms with Crippen LogP contribution in [-0.2, 0) is 11.3 Å². The van der Waals surface area contributed by atoms with Gasteiger partial charge in [-0.15, -0.1) is 0 Å². The zero-order valence-corrected chi connectivity index (χ0v) is 18.2. The van der Waals surface area contributed by atoms with Crippen LogP contribution in [0.4, 0.5) is 0 Å². The number of allylic oxidation sites excluding steroid dienone is 4. The summed E-state index contributed by atoms with van der Waals surface area (Å²) < 4.78 is 13.3. The van der Waals surface area contributed by atoms with Gasteiger partial charge in [0.05, 0.1) is 12.7 Å². The molecule has 5 nitrogen and oxygen atoms in total. The predicted molar refractivity (Wildman–Crippen MR) is 124 cm³/mol. The Labute approximate surface area is 187 Å². The van der Waals surface area contributed by atoms with Gasteiger partial charge in [-0.2, -0.15) is 0 Å². The van der Waals surface area contributed by atoms with Gasteiger partial charge in [-0.3, -0.25) is 9.36 Å². The molecule has 2 aromatic rings. The summed E-state index contributed by atoms with van der Waals surface area (Å²) >= 11 is 6.00. The van der Waals surface area contributed by atoms with E-state index >= 15 is 0 Å². The van der Waals surface area contributed by atoms with Crippen LogP contribution < -0.4 is 10.3 Å². The van der Waals surface area contributed by atoms with Gasteiger partial charge < -0.3 is 14.4 Å². The maximum atomic E-state index is 12.6. The average Bonchev–Trinajstić information content (AvgIpc) is 3.17. The highest BCUT2D eigenvalue weighted by atomic mass is 35.5. The Morgan fingerprint density at radius 1 is 1.10 bits per heavy atom. The standard InChI is InChI=1S/C25H27ClN2O3/c26-21-6-3-5-20(17-21)19-31-24-11-14-28(25(29)18-24)22-7-4-8-23(10-9-22)30-16-15-27-12-1-2-13-27/h3-11,14,17-18,23H,1-2,12-13,15-16,19H2. The maximum Gasteiger partial charge on any atom is 0.258 e. The van der Waals surface area contributed by atoms with Gasteiger partial charge in [0.25, 0.3) is 5.56 Å². The topological polar surface area (TPSA) is 43.7 Å². The number of rotatable bonds is 8. The number of hydrogen-bond donors (Lipinski definition) is 0. The molecule has 1 fully saturated rings. The Bertz CT molecular complexity index is 1040. The second-order valence-electron chi connectivity index (χ2n) is 7.71. The number of pyridine rings is 1. The van der Waals surface area contributed by atoms with Gasteiger partial charge in [-0.25, -0.2) is 0 Å². The molecule has 0 saturated carbocycles. The highest BCUT2D eigenvalue weighted by Crippen LogP contribution is 2.16. The Balaban J connectivity index is 1.33. The SMILES string of the molecule is O=c1cc(OCc2cccc(Cl)c2)ccn1C1=CC=CC(OCCN2CCCC2)C=C1. The summed E-state index contributed by atoms with van der Waals surface area (Å²) in [5.41, 5.74) is 1.58. The van der Waals surface area contributed by atoms with Crippen LogP contribution in [0.25, 0.3) is 5.70 Å². The van der Waals surface area contributed by atoms with Gasteiger partial charge in [0.15, 0.2) is 0 Å². The summed E-state index contributed by atoms with van der Waals surface area (Å²) in [5, 5.41) is 0.662. The Hall–Kier alpha value is -2.60. The molecule has 0 amide bonds. The van der Waals surface area contributed by atoms with E-state index in [-0.39, 0.29) is 11.7 Å². The molecule has 1 aliphatic carbocycles. The first kappa shape index (κ1) is 21.6. The van der Waals surface area contributed by atoms with E-state index < -0.39 is 0 Å². The second-order valence-corrected chi connectivity index (χ2v) is 8.15. The molecule has 1 atom stereocenters. The Morgan fingerprint density at radius 3 is 2.77 bits per heavy atom. The third-order valence-corrected chi connectivity index (χ3v) is 5.64. The van der Waals surface area contributed by atoms with Crippen molar-refractivity contribution in [2.45, 2.75) is 25.6 Å². The lowest BCUT2D eigenvalue weighted by Crippen LogP contribution is -2.25. The van der Waals surface area contributed by atoms with Gasteiger partial charge in [0.1, 0.15) is 12.4 Å². The lowest BCUT2D eigenvalue weighted by molar-refractivity contribution is 0.0948. The average molecular weight is 439 g/mol. The van der Waals surface area contributed by atoms with Gasteiger partial charge in [-0.1, -0.05) is 35.9 Å². The van der Waals surface area contributed by atoms with E-state index in [0.717, 1.165) is 17.8 Å². The zero-order chi connectivity index (χ0) is 21.5. The molecule has 0 bridgehead atoms. The molecule has 4 rings (SSSR count). The molecule has 0 spiro atoms. The molecular formula is C25H27ClN2O3. The molecule has 2 aliphatic rings. The van der Waals surface area contributed by atoms with E-state index in [9.17, 15) is 4.79 Å². The molecule has 6 heteroatoms. The van der Waals surface area contributed by atoms with Gasteiger partial charge in [0.2, 0.25) is 0 Å². The number of hydrogen-bond acceptors (Lipinski definition) is 4. The molecule has 31 heavy (non-hydrogen) atoms. The van der Waals surface area contributed by atoms with E-state index in [0.29, 0.717) is 24.0 Å². The molecule has 2 heterocycles. The van der Waals surface area contributed by atoms with Crippen LogP contribution in [0.3, 0.4) is 0 Å². The number of ether oxygens (including phenoxy) is 2. The van der Waals surface area contributed by atoms with E-state index in [1.54, 1.807) is 16.8 Å². The van der Waals surface area contributed by atoms with Crippen molar-refractivity contribution in [3.8, 4) is 5.75 Å². The molecule has 0 radical (unpaired) electrons. The lowest BCUT2D eigenvalue weighted by Gasteiger charge is -2.16. The Kier molecular flexibility index (Phi) is 7.41. The first-order valence-electron chi connectivity index (χ1n) is 10.7. The van der Waals surface area contributed by atoms with Crippen LogP contribution in [0.1, 0.15) is 18.4 Å². The van der Waals surface area contributed by atoms with Crippen LogP contribution in [0, 0.1) is 0 Å². The number of benzene rings is 1. The molecular weight excluding hydrogens is 412 g/mol. The summed E-state index contributed by atoms with van der Waals surface area (Å²) in [4.78, 5) is 15.1. The molecule has 1 aliphatic heterocycles. The fourth-order valence-electron chi connectivity index (χ4n) is 3.73. The Morgan fingerprint density at radius 2 is 1.97 bits per heavy atom. The number of nitrogens with zero attached hydrogens (tertiary/aromatic N) is 2. The zero-order valence-electron chi connectivity index (χ0n) is 17.5. The van der Waals surface area contributed by atoms with Crippen LogP contribution in [0.15, 0.2) is 77.8 Å². The largest absolute Gasteiger partial charge is 0.489 e. The predicted octanol–water partition coefficient (Wildman–Crippen LogP) is 4.53. The van der Waals surface area contributed by atoms with Crippen molar-refractivity contribution >= 4 is 17.3 Å². The molecule has 1 aromatic heterocycles. The van der Waals surface area contributed by atoms with Crippen LogP contribution in [-0.4, -0.2) is 41.8 Å². The van der Waals surface area contributed by atoms with Crippen molar-refractivity contribution in [2.24, 2.45) is 0 Å². The highest BCUT2D eigenvalue weighted by molar-refractivity contribution is 6.30. The lowest BCUT2D eigenvalue weighted by atomic mass is 10.2. The minimum absolute atomic E-state index is 0.0904. The fraction of sp³-hybridized carbons (Fsp3) is 0.320. The van der Waals surface area contributed by atoms with E-state index in [4.69, 9.17) is 21.1 Å². The normalized spacial score (nSPS) is 18.7. The number of likely N-dealkylation sites (tertiary alicyclic amines) is 1. The van der Waals surface area contributed by atoms with Crippen molar-refractivity contribution in [2.75, 3.05) is 26.2 Å². The van der Waals surface area contributed by atoms with E-state index in [1.165, 1.54) is 32.0 Å². The monoisotopic (exact) mass is 438 g/mol. The first-order valence-corrected chi connectivity index (χ1v) is 11.1. The number of aromatic nitrogens is 1. The van der Waals surface area contributed by atoms with E-state index in [1.807, 2.05) is 54.6 Å². The van der Waals surface area contributed by atoms with Gasteiger partial charge in [-0.05, 0) is 67.9 Å². The quantitative estimate of drug-likeness (QED) is 0.607. The number of halogens is 1. The van der Waals surface area contributed by atoms with Crippen LogP contribution >= 0.6 is 11.6 Å². The van der Waals surface area contributed by atoms with Gasteiger partial charge in [0, 0.05) is 29.5 Å². The summed E-state index contributed by atoms with van der Waals surface area (Å²) in [6, 6.07) is 10.8. The van der Waals surface area contributed by atoms with E-state index in [2.05, 4.69) is 4.90 Å². The van der Waals surface area contributed by atoms with Crippen molar-refractivity contribution in [1.29, 1.82) is 0 Å². The van der Waals surface area contributed by atoms with Gasteiger partial charge >= 0.3 is 0 Å². The molecule has 1 aromatic carbocycles. The first-order chi connectivity index (χ1) is 15.2. The minimum atomic E-state index is -0.152. The third-order valence-electron chi connectivity index (χ3n) is 5.40. The molecule has 162 valence electrons. The second kappa shape index (κ2) is 10.6. The minimum Gasteiger partial charge on any atom is -0.489 e. The summed E-state index contributed by atoms with van der Waals surface area (Å²) in [6.45, 7) is 4.37. The van der Waals surface area contributed by atoms with Crippen molar-refractivity contribution < 1.29 is 9.47 Å². The molecule has 0 N–H and O–H groups in total. The smallest absolute Gasteiger partial charge is 0.258 e. The molecule has 1 saturated heterocycles. The third kappa shape index (κ3) is 6.20. The summed E-state index contributed by atoms with van der Waals surface area (Å²) in [6.07, 6.45) is 14.0. The fourth-order valence-corrected chi connectivity index (χ4v) is 3.94.